The van der Waals surface area contributed by atoms with Crippen LogP contribution in [0.25, 0.3) is 0 Å². The summed E-state index contributed by atoms with van der Waals surface area (Å²) >= 11 is 0. The Morgan fingerprint density at radius 2 is 1.88 bits per heavy atom. The number of aliphatic hydroxyl groups is 5. The monoisotopic (exact) mass is 376 g/mol. The second-order valence-electron chi connectivity index (χ2n) is 7.06. The van der Waals surface area contributed by atoms with E-state index in [1.807, 2.05) is 0 Å². The Morgan fingerprint density at radius 3 is 2.50 bits per heavy atom. The molecule has 1 saturated heterocycles. The van der Waals surface area contributed by atoms with Crippen molar-refractivity contribution in [3.05, 3.63) is 11.8 Å². The van der Waals surface area contributed by atoms with Gasteiger partial charge in [-0.25, -0.2) is 4.79 Å². The third-order valence-corrected chi connectivity index (χ3v) is 5.58. The number of carbonyl (C=O) groups is 1. The zero-order valence-electron chi connectivity index (χ0n) is 14.1. The van der Waals surface area contributed by atoms with Crippen LogP contribution in [0.1, 0.15) is 13.3 Å². The first-order chi connectivity index (χ1) is 12.3. The topological polar surface area (TPSA) is 166 Å². The van der Waals surface area contributed by atoms with Gasteiger partial charge in [0.05, 0.1) is 24.5 Å². The normalized spacial score (nSPS) is 48.5. The molecule has 10 heteroatoms. The fourth-order valence-electron chi connectivity index (χ4n) is 3.99. The molecule has 3 rings (SSSR count). The van der Waals surface area contributed by atoms with Crippen LogP contribution in [0.5, 0.6) is 0 Å². The van der Waals surface area contributed by atoms with Crippen molar-refractivity contribution in [2.75, 3.05) is 6.61 Å². The van der Waals surface area contributed by atoms with E-state index in [2.05, 4.69) is 0 Å². The van der Waals surface area contributed by atoms with E-state index >= 15 is 0 Å². The Labute approximate surface area is 149 Å². The van der Waals surface area contributed by atoms with E-state index in [0.29, 0.717) is 0 Å². The number of carboxylic acids is 1. The molecule has 0 amide bonds. The van der Waals surface area contributed by atoms with Crippen molar-refractivity contribution in [3.8, 4) is 0 Å². The molecule has 148 valence electrons. The van der Waals surface area contributed by atoms with Crippen LogP contribution in [0.2, 0.25) is 0 Å². The van der Waals surface area contributed by atoms with Crippen molar-refractivity contribution < 1.29 is 49.6 Å². The van der Waals surface area contributed by atoms with Gasteiger partial charge in [-0.05, 0) is 12.3 Å². The number of aliphatic hydroxyl groups excluding tert-OH is 5. The average Bonchev–Trinajstić information content (AvgIpc) is 2.90. The number of fused-ring (bicyclic) bond motifs is 1. The van der Waals surface area contributed by atoms with Gasteiger partial charge in [-0.15, -0.1) is 0 Å². The van der Waals surface area contributed by atoms with Crippen LogP contribution < -0.4 is 0 Å². The third kappa shape index (κ3) is 3.22. The number of ether oxygens (including phenoxy) is 3. The first-order valence-corrected chi connectivity index (χ1v) is 8.49. The minimum atomic E-state index is -1.60. The first kappa shape index (κ1) is 19.5. The molecule has 0 aromatic heterocycles. The van der Waals surface area contributed by atoms with Crippen LogP contribution in [0.4, 0.5) is 0 Å². The van der Waals surface area contributed by atoms with Crippen LogP contribution in [-0.2, 0) is 19.0 Å². The Bertz CT molecular complexity index is 563. The Morgan fingerprint density at radius 1 is 1.19 bits per heavy atom. The molecule has 0 aromatic rings. The minimum absolute atomic E-state index is 0.0343. The van der Waals surface area contributed by atoms with Crippen molar-refractivity contribution in [1.82, 2.24) is 0 Å². The van der Waals surface area contributed by atoms with E-state index < -0.39 is 67.5 Å². The highest BCUT2D eigenvalue weighted by atomic mass is 16.8. The summed E-state index contributed by atoms with van der Waals surface area (Å²) in [5, 5.41) is 58.5. The molecule has 2 fully saturated rings. The molecule has 0 radical (unpaired) electrons. The predicted octanol–water partition coefficient (Wildman–Crippen LogP) is -2.24. The molecule has 2 heterocycles. The Hall–Kier alpha value is -1.27. The van der Waals surface area contributed by atoms with Gasteiger partial charge >= 0.3 is 5.97 Å². The highest BCUT2D eigenvalue weighted by Crippen LogP contribution is 2.47. The quantitative estimate of drug-likeness (QED) is 0.316. The van der Waals surface area contributed by atoms with E-state index in [9.17, 15) is 35.4 Å². The van der Waals surface area contributed by atoms with Gasteiger partial charge < -0.3 is 44.8 Å². The summed E-state index contributed by atoms with van der Waals surface area (Å²) in [6.07, 6.45) is -7.71. The fraction of sp³-hybridized carbons (Fsp3) is 0.812. The lowest BCUT2D eigenvalue weighted by molar-refractivity contribution is -0.342. The van der Waals surface area contributed by atoms with Crippen molar-refractivity contribution in [2.45, 2.75) is 56.4 Å². The zero-order valence-corrected chi connectivity index (χ0v) is 14.1. The van der Waals surface area contributed by atoms with Gasteiger partial charge in [0.15, 0.2) is 6.29 Å². The van der Waals surface area contributed by atoms with Gasteiger partial charge in [0.25, 0.3) is 0 Å². The van der Waals surface area contributed by atoms with Crippen molar-refractivity contribution in [2.24, 2.45) is 17.8 Å². The number of hydrogen-bond donors (Lipinski definition) is 6. The van der Waals surface area contributed by atoms with Crippen LogP contribution in [0.15, 0.2) is 11.8 Å². The molecule has 10 nitrogen and oxygen atoms in total. The maximum absolute atomic E-state index is 11.4. The smallest absolute Gasteiger partial charge is 0.334 e. The lowest BCUT2D eigenvalue weighted by Gasteiger charge is -2.43. The minimum Gasteiger partial charge on any atom is -0.478 e. The maximum atomic E-state index is 11.4. The zero-order chi connectivity index (χ0) is 19.2. The number of rotatable bonds is 4. The van der Waals surface area contributed by atoms with E-state index in [4.69, 9.17) is 14.2 Å². The largest absolute Gasteiger partial charge is 0.478 e. The van der Waals surface area contributed by atoms with Gasteiger partial charge in [0, 0.05) is 11.8 Å². The molecule has 0 bridgehead atoms. The summed E-state index contributed by atoms with van der Waals surface area (Å²) in [6.45, 7) is 1.15. The van der Waals surface area contributed by atoms with Crippen LogP contribution in [0.3, 0.4) is 0 Å². The van der Waals surface area contributed by atoms with Gasteiger partial charge in [0.2, 0.25) is 6.29 Å². The Balaban J connectivity index is 1.79. The summed E-state index contributed by atoms with van der Waals surface area (Å²) < 4.78 is 16.3. The van der Waals surface area contributed by atoms with Crippen molar-refractivity contribution in [3.63, 3.8) is 0 Å². The lowest BCUT2D eigenvalue weighted by atomic mass is 9.83. The molecule has 26 heavy (non-hydrogen) atoms. The van der Waals surface area contributed by atoms with Crippen LogP contribution in [0, 0.1) is 17.8 Å². The highest BCUT2D eigenvalue weighted by Gasteiger charge is 2.53. The fourth-order valence-corrected chi connectivity index (χ4v) is 3.99. The molecular formula is C16H24O10. The molecule has 3 aliphatic rings. The van der Waals surface area contributed by atoms with E-state index in [0.717, 1.165) is 6.26 Å². The van der Waals surface area contributed by atoms with E-state index in [1.54, 1.807) is 6.92 Å². The van der Waals surface area contributed by atoms with Crippen LogP contribution in [-0.4, -0.2) is 86.3 Å². The number of hydrogen-bond acceptors (Lipinski definition) is 9. The summed E-state index contributed by atoms with van der Waals surface area (Å²) in [5.74, 6) is -2.49. The molecule has 6 N–H and O–H groups in total. The maximum Gasteiger partial charge on any atom is 0.334 e. The molecule has 10 atom stereocenters. The number of carboxylic acid groups (broad SMARTS) is 1. The molecule has 1 aliphatic carbocycles. The van der Waals surface area contributed by atoms with Crippen molar-refractivity contribution >= 4 is 5.97 Å². The highest BCUT2D eigenvalue weighted by molar-refractivity contribution is 5.87. The lowest BCUT2D eigenvalue weighted by Crippen LogP contribution is -2.60. The summed E-state index contributed by atoms with van der Waals surface area (Å²) in [4.78, 5) is 11.4. The summed E-state index contributed by atoms with van der Waals surface area (Å²) in [7, 11) is 0. The molecule has 0 spiro atoms. The van der Waals surface area contributed by atoms with Crippen LogP contribution >= 0.6 is 0 Å². The molecular weight excluding hydrogens is 352 g/mol. The van der Waals surface area contributed by atoms with Gasteiger partial charge in [-0.1, -0.05) is 6.92 Å². The van der Waals surface area contributed by atoms with Gasteiger partial charge in [0.1, 0.15) is 24.4 Å². The average molecular weight is 376 g/mol. The summed E-state index contributed by atoms with van der Waals surface area (Å²) in [6, 6.07) is 0. The second kappa shape index (κ2) is 7.39. The van der Waals surface area contributed by atoms with E-state index in [1.165, 1.54) is 0 Å². The second-order valence-corrected chi connectivity index (χ2v) is 7.06. The molecule has 1 saturated carbocycles. The predicted molar refractivity (Wildman–Crippen MR) is 82.2 cm³/mol. The first-order valence-electron chi connectivity index (χ1n) is 8.49. The summed E-state index contributed by atoms with van der Waals surface area (Å²) in [5.41, 5.74) is 0.0343. The van der Waals surface area contributed by atoms with Gasteiger partial charge in [-0.3, -0.25) is 0 Å². The number of aliphatic carboxylic acids is 1. The van der Waals surface area contributed by atoms with E-state index in [-0.39, 0.29) is 17.9 Å². The molecule has 2 aliphatic heterocycles. The molecule has 1 unspecified atom stereocenters. The SMILES string of the molecule is C[C@@H]1[C@H]2[C@H](OC3O[C@H](CO)[C@@H](O)[C@H](O)[C@H]3O)OC=C(C(=O)O)[C@H]2C[C@@H]1O. The molecule has 0 aromatic carbocycles. The Kier molecular flexibility index (Phi) is 5.54. The van der Waals surface area contributed by atoms with Gasteiger partial charge in [-0.2, -0.15) is 0 Å². The standard InChI is InChI=1S/C16H24O10/c1-5-8(18)2-6-7(14(22)23)4-24-15(10(5)6)26-16-13(21)12(20)11(19)9(3-17)25-16/h4-6,8-13,15-21H,2-3H2,1H3,(H,22,23)/t5-,6+,8-,9+,10+,11+,12-,13+,15-,16?/m0/s1. The third-order valence-electron chi connectivity index (χ3n) is 5.58. The van der Waals surface area contributed by atoms with Crippen molar-refractivity contribution in [1.29, 1.82) is 0 Å².